The van der Waals surface area contributed by atoms with Crippen molar-refractivity contribution in [2.24, 2.45) is 5.92 Å². The first kappa shape index (κ1) is 23.1. The van der Waals surface area contributed by atoms with Gasteiger partial charge in [-0.05, 0) is 41.3 Å². The molecule has 1 heterocycles. The van der Waals surface area contributed by atoms with Crippen molar-refractivity contribution in [3.05, 3.63) is 72.3 Å². The summed E-state index contributed by atoms with van der Waals surface area (Å²) in [5.41, 5.74) is 3.37. The van der Waals surface area contributed by atoms with Crippen LogP contribution in [0, 0.1) is 5.92 Å². The zero-order chi connectivity index (χ0) is 23.1. The van der Waals surface area contributed by atoms with Gasteiger partial charge in [-0.1, -0.05) is 44.2 Å². The molecule has 3 rings (SSSR count). The number of benzene rings is 2. The van der Waals surface area contributed by atoms with E-state index in [1.54, 1.807) is 35.2 Å². The van der Waals surface area contributed by atoms with Gasteiger partial charge in [-0.25, -0.2) is 4.79 Å². The fraction of sp³-hybridized carbons (Fsp3) is 0.320. The third kappa shape index (κ3) is 5.97. The number of nitrogens with zero attached hydrogens (tertiary/aromatic N) is 1. The summed E-state index contributed by atoms with van der Waals surface area (Å²) in [5.74, 6) is -0.0205. The maximum absolute atomic E-state index is 13.2. The van der Waals surface area contributed by atoms with E-state index in [1.165, 1.54) is 0 Å². The number of urea groups is 1. The molecule has 4 amide bonds. The maximum Gasteiger partial charge on any atom is 0.319 e. The summed E-state index contributed by atoms with van der Waals surface area (Å²) in [6, 6.07) is 13.9. The Hall–Kier alpha value is -3.61. The number of hydrogen-bond donors (Lipinski definition) is 3. The molecular weight excluding hydrogens is 404 g/mol. The second-order valence-electron chi connectivity index (χ2n) is 8.30. The van der Waals surface area contributed by atoms with E-state index in [4.69, 9.17) is 0 Å². The van der Waals surface area contributed by atoms with Gasteiger partial charge in [0.15, 0.2) is 0 Å². The highest BCUT2D eigenvalue weighted by molar-refractivity contribution is 5.98. The predicted molar refractivity (Wildman–Crippen MR) is 126 cm³/mol. The van der Waals surface area contributed by atoms with Crippen LogP contribution in [0.2, 0.25) is 0 Å². The number of fused-ring (bicyclic) bond motifs is 1. The van der Waals surface area contributed by atoms with Crippen molar-refractivity contribution in [2.75, 3.05) is 17.2 Å². The first-order valence-electron chi connectivity index (χ1n) is 10.8. The lowest BCUT2D eigenvalue weighted by atomic mass is 9.92. The van der Waals surface area contributed by atoms with E-state index in [9.17, 15) is 14.4 Å². The summed E-state index contributed by atoms with van der Waals surface area (Å²) in [7, 11) is 0. The van der Waals surface area contributed by atoms with Gasteiger partial charge in [-0.3, -0.25) is 9.59 Å². The Kier molecular flexibility index (Phi) is 7.65. The van der Waals surface area contributed by atoms with Crippen molar-refractivity contribution in [3.63, 3.8) is 0 Å². The quantitative estimate of drug-likeness (QED) is 0.577. The molecule has 3 N–H and O–H groups in total. The van der Waals surface area contributed by atoms with Gasteiger partial charge in [-0.15, -0.1) is 6.58 Å². The van der Waals surface area contributed by atoms with Crippen LogP contribution in [0.4, 0.5) is 16.2 Å². The third-order valence-electron chi connectivity index (χ3n) is 5.27. The maximum atomic E-state index is 13.2. The van der Waals surface area contributed by atoms with Crippen LogP contribution in [0.3, 0.4) is 0 Å². The predicted octanol–water partition coefficient (Wildman–Crippen LogP) is 3.93. The molecule has 1 unspecified atom stereocenters. The van der Waals surface area contributed by atoms with E-state index in [1.807, 2.05) is 38.1 Å². The van der Waals surface area contributed by atoms with Gasteiger partial charge in [0.25, 0.3) is 0 Å². The largest absolute Gasteiger partial charge is 0.334 e. The number of carbonyl (C=O) groups is 3. The van der Waals surface area contributed by atoms with Crippen molar-refractivity contribution in [3.8, 4) is 0 Å². The average Bonchev–Trinajstić information content (AvgIpc) is 2.77. The van der Waals surface area contributed by atoms with Crippen LogP contribution in [0.15, 0.2) is 61.2 Å². The third-order valence-corrected chi connectivity index (χ3v) is 5.27. The first-order valence-corrected chi connectivity index (χ1v) is 10.8. The molecule has 1 aliphatic heterocycles. The van der Waals surface area contributed by atoms with Crippen molar-refractivity contribution in [1.82, 2.24) is 10.2 Å². The zero-order valence-corrected chi connectivity index (χ0v) is 18.6. The van der Waals surface area contributed by atoms with Crippen LogP contribution in [0.5, 0.6) is 0 Å². The number of nitrogens with one attached hydrogen (secondary N) is 3. The molecule has 0 radical (unpaired) electrons. The molecule has 2 aromatic rings. The molecule has 0 saturated carbocycles. The highest BCUT2D eigenvalue weighted by Gasteiger charge is 2.34. The normalized spacial score (nSPS) is 15.0. The SMILES string of the molecule is C=CCNC(=O)Nc1ccc(NC(=O)C2Cc3ccccc3CN2C(=O)CC(C)C)cc1. The van der Waals surface area contributed by atoms with Gasteiger partial charge < -0.3 is 20.9 Å². The first-order chi connectivity index (χ1) is 15.4. The highest BCUT2D eigenvalue weighted by atomic mass is 16.2. The van der Waals surface area contributed by atoms with Crippen molar-refractivity contribution >= 4 is 29.2 Å². The molecule has 1 atom stereocenters. The van der Waals surface area contributed by atoms with Gasteiger partial charge in [0.2, 0.25) is 11.8 Å². The minimum Gasteiger partial charge on any atom is -0.334 e. The summed E-state index contributed by atoms with van der Waals surface area (Å²) >= 11 is 0. The molecule has 7 nitrogen and oxygen atoms in total. The van der Waals surface area contributed by atoms with Gasteiger partial charge >= 0.3 is 6.03 Å². The molecule has 32 heavy (non-hydrogen) atoms. The van der Waals surface area contributed by atoms with Crippen LogP contribution in [0.25, 0.3) is 0 Å². The second kappa shape index (κ2) is 10.6. The van der Waals surface area contributed by atoms with E-state index in [2.05, 4.69) is 22.5 Å². The van der Waals surface area contributed by atoms with E-state index >= 15 is 0 Å². The molecule has 7 heteroatoms. The van der Waals surface area contributed by atoms with Crippen LogP contribution in [-0.2, 0) is 22.6 Å². The lowest BCUT2D eigenvalue weighted by Crippen LogP contribution is -2.50. The Labute approximate surface area is 188 Å². The number of carbonyl (C=O) groups excluding carboxylic acids is 3. The Balaban J connectivity index is 1.70. The lowest BCUT2D eigenvalue weighted by Gasteiger charge is -2.36. The van der Waals surface area contributed by atoms with Gasteiger partial charge in [0.05, 0.1) is 0 Å². The fourth-order valence-electron chi connectivity index (χ4n) is 3.69. The van der Waals surface area contributed by atoms with Crippen molar-refractivity contribution in [2.45, 2.75) is 39.3 Å². The summed E-state index contributed by atoms with van der Waals surface area (Å²) < 4.78 is 0. The highest BCUT2D eigenvalue weighted by Crippen LogP contribution is 2.26. The standard InChI is InChI=1S/C25H30N4O3/c1-4-13-26-25(32)28-21-11-9-20(10-12-21)27-24(31)22-15-18-7-5-6-8-19(18)16-29(22)23(30)14-17(2)3/h4-12,17,22H,1,13-16H2,2-3H3,(H,27,31)(H2,26,28,32). The molecule has 168 valence electrons. The molecule has 0 spiro atoms. The van der Waals surface area contributed by atoms with Crippen LogP contribution in [0.1, 0.15) is 31.4 Å². The second-order valence-corrected chi connectivity index (χ2v) is 8.30. The summed E-state index contributed by atoms with van der Waals surface area (Å²) in [6.45, 7) is 8.35. The van der Waals surface area contributed by atoms with Crippen molar-refractivity contribution in [1.29, 1.82) is 0 Å². The Morgan fingerprint density at radius 1 is 1.03 bits per heavy atom. The fourth-order valence-corrected chi connectivity index (χ4v) is 3.69. The Morgan fingerprint density at radius 3 is 2.28 bits per heavy atom. The number of hydrogen-bond acceptors (Lipinski definition) is 3. The summed E-state index contributed by atoms with van der Waals surface area (Å²) in [6.07, 6.45) is 2.48. The van der Waals surface area contributed by atoms with E-state index in [0.29, 0.717) is 37.3 Å². The van der Waals surface area contributed by atoms with Gasteiger partial charge in [0, 0.05) is 37.3 Å². The molecule has 0 aromatic heterocycles. The zero-order valence-electron chi connectivity index (χ0n) is 18.6. The van der Waals surface area contributed by atoms with E-state index in [-0.39, 0.29) is 23.8 Å². The van der Waals surface area contributed by atoms with Crippen LogP contribution >= 0.6 is 0 Å². The minimum absolute atomic E-state index is 0.0141. The van der Waals surface area contributed by atoms with E-state index in [0.717, 1.165) is 11.1 Å². The number of rotatable bonds is 7. The van der Waals surface area contributed by atoms with Crippen molar-refractivity contribution < 1.29 is 14.4 Å². The Morgan fingerprint density at radius 2 is 1.66 bits per heavy atom. The summed E-state index contributed by atoms with van der Waals surface area (Å²) in [4.78, 5) is 39.5. The molecule has 2 aromatic carbocycles. The molecule has 0 saturated heterocycles. The van der Waals surface area contributed by atoms with Gasteiger partial charge in [0.1, 0.15) is 6.04 Å². The smallest absolute Gasteiger partial charge is 0.319 e. The molecule has 0 fully saturated rings. The monoisotopic (exact) mass is 434 g/mol. The topological polar surface area (TPSA) is 90.5 Å². The van der Waals surface area contributed by atoms with Crippen LogP contribution in [-0.4, -0.2) is 35.3 Å². The summed E-state index contributed by atoms with van der Waals surface area (Å²) in [5, 5.41) is 8.26. The molecular formula is C25H30N4O3. The number of anilines is 2. The van der Waals surface area contributed by atoms with E-state index < -0.39 is 6.04 Å². The molecule has 1 aliphatic rings. The lowest BCUT2D eigenvalue weighted by molar-refractivity contribution is -0.140. The van der Waals surface area contributed by atoms with Gasteiger partial charge in [-0.2, -0.15) is 0 Å². The molecule has 0 aliphatic carbocycles. The number of amides is 4. The molecule has 0 bridgehead atoms. The van der Waals surface area contributed by atoms with Crippen LogP contribution < -0.4 is 16.0 Å². The Bertz CT molecular complexity index is 985. The average molecular weight is 435 g/mol. The minimum atomic E-state index is -0.571.